The number of tetrazole rings is 1. The summed E-state index contributed by atoms with van der Waals surface area (Å²) in [4.78, 5) is 0. The van der Waals surface area contributed by atoms with Crippen LogP contribution in [0.3, 0.4) is 0 Å². The van der Waals surface area contributed by atoms with Crippen LogP contribution in [0.5, 0.6) is 0 Å². The van der Waals surface area contributed by atoms with Crippen LogP contribution in [0, 0.1) is 0 Å². The third kappa shape index (κ3) is 2.57. The van der Waals surface area contributed by atoms with Gasteiger partial charge in [0.1, 0.15) is 0 Å². The van der Waals surface area contributed by atoms with Gasteiger partial charge in [0.25, 0.3) is 0 Å². The number of hydrogen-bond donors (Lipinski definition) is 1. The Hall–Kier alpha value is -0.360. The van der Waals surface area contributed by atoms with Gasteiger partial charge in [-0.3, -0.25) is 0 Å². The van der Waals surface area contributed by atoms with Crippen molar-refractivity contribution in [2.75, 3.05) is 0 Å². The van der Waals surface area contributed by atoms with E-state index in [-0.39, 0.29) is 5.82 Å². The largest absolute Gasteiger partial charge is 0.215 e. The first-order valence-electron chi connectivity index (χ1n) is 4.52. The van der Waals surface area contributed by atoms with Gasteiger partial charge in [-0.05, 0) is 11.6 Å². The molecule has 1 aromatic carbocycles. The van der Waals surface area contributed by atoms with Gasteiger partial charge in [0.05, 0.1) is 0 Å². The van der Waals surface area contributed by atoms with Crippen LogP contribution in [0.15, 0.2) is 18.2 Å². The molecule has 0 radical (unpaired) electrons. The smallest absolute Gasteiger partial charge is 0.177 e. The number of alkyl halides is 3. The second-order valence-electron chi connectivity index (χ2n) is 3.26. The third-order valence-electron chi connectivity index (χ3n) is 2.15. The number of aromatic nitrogens is 4. The molecule has 2 aromatic rings. The van der Waals surface area contributed by atoms with Crippen molar-refractivity contribution in [3.63, 3.8) is 0 Å². The van der Waals surface area contributed by atoms with Crippen LogP contribution in [0.25, 0.3) is 0 Å². The summed E-state index contributed by atoms with van der Waals surface area (Å²) < 4.78 is -1.42. The Kier molecular flexibility index (Phi) is 3.92. The highest BCUT2D eigenvalue weighted by Gasteiger charge is 2.35. The number of hydrogen-bond acceptors (Lipinski definition) is 3. The SMILES string of the molecule is Clc1cc(CBr)ccc1C(Cl)(Cl)c1nn[nH]n1. The molecule has 0 atom stereocenters. The van der Waals surface area contributed by atoms with Crippen molar-refractivity contribution >= 4 is 50.7 Å². The Bertz CT molecular complexity index is 515. The van der Waals surface area contributed by atoms with E-state index in [2.05, 4.69) is 36.6 Å². The van der Waals surface area contributed by atoms with Gasteiger partial charge < -0.3 is 0 Å². The maximum atomic E-state index is 6.21. The summed E-state index contributed by atoms with van der Waals surface area (Å²) in [5, 5.41) is 14.4. The van der Waals surface area contributed by atoms with E-state index in [0.29, 0.717) is 15.9 Å². The molecule has 0 aliphatic rings. The first-order chi connectivity index (χ1) is 8.05. The fourth-order valence-corrected chi connectivity index (χ4v) is 2.59. The zero-order valence-electron chi connectivity index (χ0n) is 8.29. The summed E-state index contributed by atoms with van der Waals surface area (Å²) in [6, 6.07) is 5.40. The normalized spacial score (nSPS) is 11.8. The summed E-state index contributed by atoms with van der Waals surface area (Å²) in [5.74, 6) is 0.161. The highest BCUT2D eigenvalue weighted by molar-refractivity contribution is 9.08. The Labute approximate surface area is 121 Å². The van der Waals surface area contributed by atoms with E-state index in [1.807, 2.05) is 6.07 Å². The van der Waals surface area contributed by atoms with Crippen LogP contribution in [0.4, 0.5) is 0 Å². The van der Waals surface area contributed by atoms with Gasteiger partial charge in [-0.25, -0.2) is 0 Å². The number of rotatable bonds is 3. The Morgan fingerprint density at radius 3 is 2.65 bits per heavy atom. The zero-order chi connectivity index (χ0) is 12.5. The molecule has 1 N–H and O–H groups in total. The average Bonchev–Trinajstić information content (AvgIpc) is 2.82. The summed E-state index contributed by atoms with van der Waals surface area (Å²) in [6.45, 7) is 0. The van der Waals surface area contributed by atoms with Crippen LogP contribution >= 0.6 is 50.7 Å². The maximum absolute atomic E-state index is 6.21. The molecule has 0 fully saturated rings. The van der Waals surface area contributed by atoms with Gasteiger partial charge in [-0.15, -0.1) is 10.2 Å². The zero-order valence-corrected chi connectivity index (χ0v) is 12.1. The van der Waals surface area contributed by atoms with Crippen LogP contribution < -0.4 is 0 Å². The van der Waals surface area contributed by atoms with Crippen molar-refractivity contribution < 1.29 is 0 Å². The van der Waals surface area contributed by atoms with Crippen molar-refractivity contribution in [2.24, 2.45) is 0 Å². The van der Waals surface area contributed by atoms with Crippen LogP contribution in [0.2, 0.25) is 5.02 Å². The molecule has 0 bridgehead atoms. The first kappa shape index (κ1) is 13.1. The summed E-state index contributed by atoms with van der Waals surface area (Å²) in [6.07, 6.45) is 0. The molecule has 8 heteroatoms. The number of H-pyrrole nitrogens is 1. The molecule has 2 rings (SSSR count). The second kappa shape index (κ2) is 5.10. The molecule has 0 amide bonds. The molecule has 0 saturated carbocycles. The minimum atomic E-state index is -1.42. The number of nitrogens with zero attached hydrogens (tertiary/aromatic N) is 3. The number of nitrogens with one attached hydrogen (secondary N) is 1. The van der Waals surface area contributed by atoms with Gasteiger partial charge in [0.2, 0.25) is 10.2 Å². The molecule has 4 nitrogen and oxygen atoms in total. The lowest BCUT2D eigenvalue weighted by Crippen LogP contribution is -2.15. The molecule has 1 heterocycles. The van der Waals surface area contributed by atoms with Gasteiger partial charge in [-0.2, -0.15) is 5.21 Å². The molecule has 0 spiro atoms. The fraction of sp³-hybridized carbons (Fsp3) is 0.222. The topological polar surface area (TPSA) is 54.5 Å². The summed E-state index contributed by atoms with van der Waals surface area (Å²) >= 11 is 21.9. The quantitative estimate of drug-likeness (QED) is 0.858. The maximum Gasteiger partial charge on any atom is 0.215 e. The van der Waals surface area contributed by atoms with Crippen molar-refractivity contribution in [1.29, 1.82) is 0 Å². The van der Waals surface area contributed by atoms with Gasteiger partial charge in [0, 0.05) is 15.9 Å². The number of benzene rings is 1. The third-order valence-corrected chi connectivity index (χ3v) is 3.86. The van der Waals surface area contributed by atoms with E-state index in [1.165, 1.54) is 0 Å². The molecule has 0 saturated heterocycles. The molecule has 0 unspecified atom stereocenters. The van der Waals surface area contributed by atoms with Crippen LogP contribution in [-0.4, -0.2) is 20.6 Å². The van der Waals surface area contributed by atoms with Gasteiger partial charge in [-0.1, -0.05) is 68.1 Å². The number of halogens is 4. The standard InChI is InChI=1S/C9H6BrCl3N4/c10-4-5-1-2-6(7(11)3-5)9(12,13)8-14-16-17-15-8/h1-3H,4H2,(H,14,15,16,17). The van der Waals surface area contributed by atoms with E-state index in [1.54, 1.807) is 12.1 Å². The minimum absolute atomic E-state index is 0.161. The monoisotopic (exact) mass is 354 g/mol. The summed E-state index contributed by atoms with van der Waals surface area (Å²) in [5.41, 5.74) is 1.55. The Morgan fingerprint density at radius 2 is 2.12 bits per heavy atom. The van der Waals surface area contributed by atoms with Crippen molar-refractivity contribution in [3.05, 3.63) is 40.2 Å². The van der Waals surface area contributed by atoms with E-state index in [0.717, 1.165) is 5.56 Å². The Morgan fingerprint density at radius 1 is 1.35 bits per heavy atom. The lowest BCUT2D eigenvalue weighted by Gasteiger charge is -2.17. The molecule has 17 heavy (non-hydrogen) atoms. The van der Waals surface area contributed by atoms with E-state index in [4.69, 9.17) is 34.8 Å². The number of aromatic amines is 1. The first-order valence-corrected chi connectivity index (χ1v) is 6.78. The molecule has 0 aliphatic carbocycles. The Balaban J connectivity index is 2.46. The molecule has 90 valence electrons. The van der Waals surface area contributed by atoms with Crippen LogP contribution in [0.1, 0.15) is 17.0 Å². The fourth-order valence-electron chi connectivity index (χ4n) is 1.31. The lowest BCUT2D eigenvalue weighted by atomic mass is 10.1. The predicted octanol–water partition coefficient (Wildman–Crippen LogP) is 3.43. The lowest BCUT2D eigenvalue weighted by molar-refractivity contribution is 0.881. The highest BCUT2D eigenvalue weighted by Crippen LogP contribution is 2.42. The van der Waals surface area contributed by atoms with E-state index in [9.17, 15) is 0 Å². The van der Waals surface area contributed by atoms with Gasteiger partial charge in [0.15, 0.2) is 0 Å². The molecule has 0 aliphatic heterocycles. The van der Waals surface area contributed by atoms with Gasteiger partial charge >= 0.3 is 0 Å². The van der Waals surface area contributed by atoms with Crippen molar-refractivity contribution in [2.45, 2.75) is 9.66 Å². The summed E-state index contributed by atoms with van der Waals surface area (Å²) in [7, 11) is 0. The second-order valence-corrected chi connectivity index (χ2v) is 5.55. The molecular formula is C9H6BrCl3N4. The van der Waals surface area contributed by atoms with E-state index >= 15 is 0 Å². The predicted molar refractivity (Wildman–Crippen MR) is 70.7 cm³/mol. The molecular weight excluding hydrogens is 350 g/mol. The highest BCUT2D eigenvalue weighted by atomic mass is 79.9. The average molecular weight is 356 g/mol. The van der Waals surface area contributed by atoms with Crippen molar-refractivity contribution in [3.8, 4) is 0 Å². The van der Waals surface area contributed by atoms with Crippen molar-refractivity contribution in [1.82, 2.24) is 20.6 Å². The van der Waals surface area contributed by atoms with Crippen LogP contribution in [-0.2, 0) is 9.66 Å². The molecule has 1 aromatic heterocycles. The van der Waals surface area contributed by atoms with E-state index < -0.39 is 4.33 Å². The minimum Gasteiger partial charge on any atom is -0.177 e.